The van der Waals surface area contributed by atoms with Gasteiger partial charge in [-0.05, 0) is 48.7 Å². The van der Waals surface area contributed by atoms with Gasteiger partial charge in [0.25, 0.3) is 0 Å². The summed E-state index contributed by atoms with van der Waals surface area (Å²) in [5.74, 6) is 1.26. The van der Waals surface area contributed by atoms with Crippen molar-refractivity contribution in [1.29, 1.82) is 0 Å². The van der Waals surface area contributed by atoms with Crippen molar-refractivity contribution in [3.8, 4) is 40.0 Å². The highest BCUT2D eigenvalue weighted by atomic mass is 32.1. The lowest BCUT2D eigenvalue weighted by Gasteiger charge is -2.17. The van der Waals surface area contributed by atoms with E-state index in [0.29, 0.717) is 48.1 Å². The second kappa shape index (κ2) is 12.9. The number of carboxylic acids is 1. The van der Waals surface area contributed by atoms with Crippen LogP contribution >= 0.6 is 11.7 Å². The topological polar surface area (TPSA) is 111 Å². The number of phenols is 1. The maximum absolute atomic E-state index is 11.6. The van der Waals surface area contributed by atoms with E-state index in [1.807, 2.05) is 31.2 Å². The van der Waals surface area contributed by atoms with Gasteiger partial charge in [0.1, 0.15) is 40.0 Å². The molecular weight excluding hydrogens is 504 g/mol. The molecule has 0 aliphatic rings. The van der Waals surface area contributed by atoms with E-state index in [1.165, 1.54) is 6.07 Å². The average Bonchev–Trinajstić information content (AvgIpc) is 3.45. The molecule has 38 heavy (non-hydrogen) atoms. The van der Waals surface area contributed by atoms with E-state index >= 15 is 0 Å². The van der Waals surface area contributed by atoms with E-state index in [-0.39, 0.29) is 17.1 Å². The van der Waals surface area contributed by atoms with E-state index in [2.05, 4.69) is 15.7 Å². The van der Waals surface area contributed by atoms with Gasteiger partial charge in [0.15, 0.2) is 0 Å². The molecule has 0 aliphatic carbocycles. The number of hydrogen-bond donors (Lipinski definition) is 2. The summed E-state index contributed by atoms with van der Waals surface area (Å²) in [5, 5.41) is 20.0. The molecule has 0 amide bonds. The molecule has 0 bridgehead atoms. The van der Waals surface area contributed by atoms with Crippen LogP contribution in [0.3, 0.4) is 0 Å². The summed E-state index contributed by atoms with van der Waals surface area (Å²) >= 11 is 1.10. The van der Waals surface area contributed by atoms with Gasteiger partial charge in [0.2, 0.25) is 0 Å². The van der Waals surface area contributed by atoms with Crippen LogP contribution in [0.4, 0.5) is 0 Å². The lowest BCUT2D eigenvalue weighted by Crippen LogP contribution is -2.08. The van der Waals surface area contributed by atoms with Gasteiger partial charge in [-0.3, -0.25) is 0 Å². The molecule has 198 valence electrons. The Kier molecular flexibility index (Phi) is 9.16. The van der Waals surface area contributed by atoms with Crippen molar-refractivity contribution in [3.63, 3.8) is 0 Å². The minimum absolute atomic E-state index is 0.103. The highest BCUT2D eigenvalue weighted by molar-refractivity contribution is 6.99. The van der Waals surface area contributed by atoms with Gasteiger partial charge in [-0.25, -0.2) is 4.79 Å². The predicted molar refractivity (Wildman–Crippen MR) is 146 cm³/mol. The molecule has 0 unspecified atom stereocenters. The Morgan fingerprint density at radius 1 is 0.947 bits per heavy atom. The number of aromatic carboxylic acids is 1. The number of aromatic nitrogens is 2. The summed E-state index contributed by atoms with van der Waals surface area (Å²) < 4.78 is 26.3. The first-order valence-electron chi connectivity index (χ1n) is 12.5. The molecule has 0 saturated carbocycles. The van der Waals surface area contributed by atoms with Crippen molar-refractivity contribution < 1.29 is 29.2 Å². The van der Waals surface area contributed by atoms with Gasteiger partial charge in [0.05, 0.1) is 31.1 Å². The number of nitrogens with zero attached hydrogens (tertiary/aromatic N) is 2. The number of carboxylic acid groups (broad SMARTS) is 1. The summed E-state index contributed by atoms with van der Waals surface area (Å²) in [4.78, 5) is 11.6. The van der Waals surface area contributed by atoms with E-state index in [1.54, 1.807) is 30.5 Å². The summed E-state index contributed by atoms with van der Waals surface area (Å²) in [6.07, 6.45) is 4.59. The fourth-order valence-electron chi connectivity index (χ4n) is 4.06. The number of ether oxygens (including phenoxy) is 3. The number of aromatic hydroxyl groups is 1. The molecular formula is C29H30N2O6S. The van der Waals surface area contributed by atoms with Crippen molar-refractivity contribution in [1.82, 2.24) is 8.75 Å². The molecule has 0 radical (unpaired) electrons. The fraction of sp³-hybridized carbons (Fsp3) is 0.276. The van der Waals surface area contributed by atoms with Crippen LogP contribution < -0.4 is 14.2 Å². The molecule has 4 rings (SSSR count). The summed E-state index contributed by atoms with van der Waals surface area (Å²) in [6, 6.07) is 15.6. The highest BCUT2D eigenvalue weighted by Gasteiger charge is 2.16. The smallest absolute Gasteiger partial charge is 0.339 e. The third-order valence-electron chi connectivity index (χ3n) is 5.93. The van der Waals surface area contributed by atoms with Crippen LogP contribution in [0.2, 0.25) is 0 Å². The number of rotatable bonds is 13. The molecule has 1 aromatic heterocycles. The van der Waals surface area contributed by atoms with Crippen LogP contribution in [-0.2, 0) is 12.8 Å². The largest absolute Gasteiger partial charge is 0.507 e. The monoisotopic (exact) mass is 534 g/mol. The fourth-order valence-corrected chi connectivity index (χ4v) is 4.49. The molecule has 8 nitrogen and oxygen atoms in total. The van der Waals surface area contributed by atoms with E-state index in [0.717, 1.165) is 42.1 Å². The number of phenolic OH excluding ortho intramolecular Hbond substituents is 1. The first-order valence-corrected chi connectivity index (χ1v) is 13.3. The molecule has 1 heterocycles. The molecule has 2 N–H and O–H groups in total. The number of aryl methyl sites for hydroxylation is 1. The average molecular weight is 535 g/mol. The van der Waals surface area contributed by atoms with Gasteiger partial charge < -0.3 is 24.4 Å². The maximum atomic E-state index is 11.6. The van der Waals surface area contributed by atoms with Gasteiger partial charge in [-0.2, -0.15) is 8.75 Å². The van der Waals surface area contributed by atoms with Crippen LogP contribution in [0.5, 0.6) is 28.7 Å². The standard InChI is InChI=1S/C29H30N2O6S/c1-3-9-20-25(12-7-13-26(20)37-27-11-6-5-10-21(27)29(33)34)35-14-8-15-36-28-17-24(32)22(16-19(28)4-2)23-18-30-38-31-23/h5-7,10-13,16-18,32H,3-4,8-9,14-15H2,1-2H3,(H,33,34). The molecule has 0 atom stereocenters. The summed E-state index contributed by atoms with van der Waals surface area (Å²) in [7, 11) is 0. The zero-order chi connectivity index (χ0) is 26.9. The number of hydrogen-bond acceptors (Lipinski definition) is 8. The van der Waals surface area contributed by atoms with Gasteiger partial charge >= 0.3 is 5.97 Å². The highest BCUT2D eigenvalue weighted by Crippen LogP contribution is 2.36. The quantitative estimate of drug-likeness (QED) is 0.181. The molecule has 4 aromatic rings. The normalized spacial score (nSPS) is 10.8. The van der Waals surface area contributed by atoms with Crippen molar-refractivity contribution in [2.75, 3.05) is 13.2 Å². The van der Waals surface area contributed by atoms with Crippen LogP contribution in [-0.4, -0.2) is 38.1 Å². The van der Waals surface area contributed by atoms with E-state index in [9.17, 15) is 15.0 Å². The van der Waals surface area contributed by atoms with Gasteiger partial charge in [-0.15, -0.1) is 0 Å². The Hall–Kier alpha value is -4.11. The van der Waals surface area contributed by atoms with Crippen molar-refractivity contribution in [3.05, 3.63) is 77.5 Å². The third kappa shape index (κ3) is 6.41. The second-order valence-electron chi connectivity index (χ2n) is 8.56. The molecule has 9 heteroatoms. The van der Waals surface area contributed by atoms with Gasteiger partial charge in [0, 0.05) is 23.6 Å². The number of carbonyl (C=O) groups is 1. The van der Waals surface area contributed by atoms with Crippen LogP contribution in [0.15, 0.2) is 60.8 Å². The number of benzene rings is 3. The molecule has 3 aromatic carbocycles. The first kappa shape index (κ1) is 26.9. The lowest BCUT2D eigenvalue weighted by atomic mass is 10.0. The number of para-hydroxylation sites is 1. The molecule has 0 aliphatic heterocycles. The molecule has 0 saturated heterocycles. The first-order chi connectivity index (χ1) is 18.5. The van der Waals surface area contributed by atoms with Crippen LogP contribution in [0, 0.1) is 0 Å². The minimum Gasteiger partial charge on any atom is -0.507 e. The van der Waals surface area contributed by atoms with Crippen LogP contribution in [0.1, 0.15) is 48.2 Å². The van der Waals surface area contributed by atoms with Gasteiger partial charge in [-0.1, -0.05) is 38.5 Å². The Labute approximate surface area is 225 Å². The maximum Gasteiger partial charge on any atom is 0.339 e. The Morgan fingerprint density at radius 2 is 1.68 bits per heavy atom. The van der Waals surface area contributed by atoms with Crippen molar-refractivity contribution >= 4 is 17.7 Å². The molecule has 0 fully saturated rings. The van der Waals surface area contributed by atoms with E-state index in [4.69, 9.17) is 14.2 Å². The predicted octanol–water partition coefficient (Wildman–Crippen LogP) is 6.76. The second-order valence-corrected chi connectivity index (χ2v) is 9.12. The Balaban J connectivity index is 1.39. The van der Waals surface area contributed by atoms with Crippen molar-refractivity contribution in [2.24, 2.45) is 0 Å². The van der Waals surface area contributed by atoms with Crippen LogP contribution in [0.25, 0.3) is 11.3 Å². The Bertz CT molecular complexity index is 1370. The zero-order valence-electron chi connectivity index (χ0n) is 21.3. The molecule has 0 spiro atoms. The minimum atomic E-state index is -1.04. The summed E-state index contributed by atoms with van der Waals surface area (Å²) in [6.45, 7) is 4.93. The zero-order valence-corrected chi connectivity index (χ0v) is 22.2. The SMILES string of the molecule is CCCc1c(OCCCOc2cc(O)c(-c3cnsn3)cc2CC)cccc1Oc1ccccc1C(=O)O. The Morgan fingerprint density at radius 3 is 2.39 bits per heavy atom. The van der Waals surface area contributed by atoms with E-state index < -0.39 is 5.97 Å². The summed E-state index contributed by atoms with van der Waals surface area (Å²) in [5.41, 5.74) is 3.25. The van der Waals surface area contributed by atoms with Crippen molar-refractivity contribution in [2.45, 2.75) is 39.5 Å². The lowest BCUT2D eigenvalue weighted by molar-refractivity contribution is 0.0694. The third-order valence-corrected chi connectivity index (χ3v) is 6.41.